The maximum absolute atomic E-state index is 11.9. The van der Waals surface area contributed by atoms with Gasteiger partial charge < -0.3 is 10.1 Å². The highest BCUT2D eigenvalue weighted by Gasteiger charge is 2.33. The molecule has 0 fully saturated rings. The lowest BCUT2D eigenvalue weighted by Gasteiger charge is -2.25. The van der Waals surface area contributed by atoms with Crippen molar-refractivity contribution in [1.82, 2.24) is 15.3 Å². The summed E-state index contributed by atoms with van der Waals surface area (Å²) in [6, 6.07) is 1.92. The zero-order valence-corrected chi connectivity index (χ0v) is 12.9. The molecule has 106 valence electrons. The van der Waals surface area contributed by atoms with Crippen molar-refractivity contribution in [3.05, 3.63) is 17.5 Å². The Morgan fingerprint density at radius 2 is 2.00 bits per heavy atom. The van der Waals surface area contributed by atoms with Crippen LogP contribution < -0.4 is 5.32 Å². The summed E-state index contributed by atoms with van der Waals surface area (Å²) in [6.45, 7) is 7.86. The van der Waals surface area contributed by atoms with E-state index < -0.39 is 5.54 Å². The number of rotatable bonds is 6. The monoisotopic (exact) mass is 283 g/mol. The standard InChI is InChI=1S/C13H21N3O2S/c1-6-18-11(17)13(4,14-5)8-19-12-15-9(2)7-10(3)16-12/h7,14H,6,8H2,1-5H3. The topological polar surface area (TPSA) is 64.1 Å². The second-order valence-electron chi connectivity index (χ2n) is 4.52. The minimum atomic E-state index is -0.734. The summed E-state index contributed by atoms with van der Waals surface area (Å²) in [7, 11) is 1.75. The van der Waals surface area contributed by atoms with Gasteiger partial charge in [-0.05, 0) is 40.8 Å². The number of ether oxygens (including phenoxy) is 1. The number of carbonyl (C=O) groups excluding carboxylic acids is 1. The molecule has 1 rings (SSSR count). The number of aromatic nitrogens is 2. The zero-order chi connectivity index (χ0) is 14.5. The van der Waals surface area contributed by atoms with E-state index in [1.807, 2.05) is 26.8 Å². The molecule has 0 saturated carbocycles. The second-order valence-corrected chi connectivity index (χ2v) is 5.47. The molecule has 1 N–H and O–H groups in total. The Labute approximate surface area is 118 Å². The molecular formula is C13H21N3O2S. The van der Waals surface area contributed by atoms with Gasteiger partial charge in [0.2, 0.25) is 0 Å². The predicted octanol–water partition coefficient (Wildman–Crippen LogP) is 1.73. The van der Waals surface area contributed by atoms with Gasteiger partial charge in [0.05, 0.1) is 6.61 Å². The zero-order valence-electron chi connectivity index (χ0n) is 12.1. The number of likely N-dealkylation sites (N-methyl/N-ethyl adjacent to an activating group) is 1. The average Bonchev–Trinajstić information content (AvgIpc) is 2.35. The SMILES string of the molecule is CCOC(=O)C(C)(CSc1nc(C)cc(C)n1)NC. The summed E-state index contributed by atoms with van der Waals surface area (Å²) in [5, 5.41) is 3.70. The number of thioether (sulfide) groups is 1. The van der Waals surface area contributed by atoms with E-state index >= 15 is 0 Å². The third-order valence-electron chi connectivity index (χ3n) is 2.73. The van der Waals surface area contributed by atoms with E-state index in [9.17, 15) is 4.79 Å². The van der Waals surface area contributed by atoms with Crippen molar-refractivity contribution in [2.45, 2.75) is 38.4 Å². The molecule has 1 heterocycles. The van der Waals surface area contributed by atoms with Crippen LogP contribution in [-0.4, -0.2) is 40.9 Å². The van der Waals surface area contributed by atoms with Crippen LogP contribution in [0.2, 0.25) is 0 Å². The highest BCUT2D eigenvalue weighted by Crippen LogP contribution is 2.21. The lowest BCUT2D eigenvalue weighted by molar-refractivity contribution is -0.149. The molecule has 1 aromatic rings. The fourth-order valence-electron chi connectivity index (χ4n) is 1.49. The van der Waals surface area contributed by atoms with Crippen LogP contribution in [0.3, 0.4) is 0 Å². The lowest BCUT2D eigenvalue weighted by Crippen LogP contribution is -2.50. The molecule has 0 spiro atoms. The van der Waals surface area contributed by atoms with E-state index in [2.05, 4.69) is 15.3 Å². The Kier molecular flexibility index (Phi) is 5.75. The largest absolute Gasteiger partial charge is 0.465 e. The Hall–Kier alpha value is -1.14. The van der Waals surface area contributed by atoms with E-state index in [1.165, 1.54) is 11.8 Å². The van der Waals surface area contributed by atoms with E-state index in [4.69, 9.17) is 4.74 Å². The van der Waals surface area contributed by atoms with Gasteiger partial charge in [-0.1, -0.05) is 11.8 Å². The van der Waals surface area contributed by atoms with Crippen molar-refractivity contribution in [2.75, 3.05) is 19.4 Å². The van der Waals surface area contributed by atoms with Crippen LogP contribution in [0.1, 0.15) is 25.2 Å². The summed E-state index contributed by atoms with van der Waals surface area (Å²) in [5.74, 6) is 0.264. The number of esters is 1. The molecule has 6 heteroatoms. The average molecular weight is 283 g/mol. The maximum atomic E-state index is 11.9. The number of carbonyl (C=O) groups is 1. The molecule has 0 aliphatic carbocycles. The normalized spacial score (nSPS) is 13.9. The summed E-state index contributed by atoms with van der Waals surface area (Å²) in [5.41, 5.74) is 1.12. The Bertz CT molecular complexity index is 433. The van der Waals surface area contributed by atoms with Gasteiger partial charge in [-0.3, -0.25) is 4.79 Å². The molecular weight excluding hydrogens is 262 g/mol. The molecule has 0 bridgehead atoms. The number of nitrogens with zero attached hydrogens (tertiary/aromatic N) is 2. The molecule has 1 unspecified atom stereocenters. The second kappa shape index (κ2) is 6.86. The van der Waals surface area contributed by atoms with Gasteiger partial charge in [0.25, 0.3) is 0 Å². The highest BCUT2D eigenvalue weighted by molar-refractivity contribution is 7.99. The molecule has 1 aromatic heterocycles. The predicted molar refractivity (Wildman–Crippen MR) is 76.3 cm³/mol. The van der Waals surface area contributed by atoms with E-state index in [0.717, 1.165) is 11.4 Å². The number of hydrogen-bond acceptors (Lipinski definition) is 6. The van der Waals surface area contributed by atoms with Crippen molar-refractivity contribution >= 4 is 17.7 Å². The van der Waals surface area contributed by atoms with Crippen LogP contribution in [-0.2, 0) is 9.53 Å². The van der Waals surface area contributed by atoms with E-state index in [1.54, 1.807) is 14.0 Å². The summed E-state index contributed by atoms with van der Waals surface area (Å²) in [6.07, 6.45) is 0. The summed E-state index contributed by atoms with van der Waals surface area (Å²) >= 11 is 1.45. The molecule has 0 aliphatic rings. The van der Waals surface area contributed by atoms with Gasteiger partial charge in [0.1, 0.15) is 5.54 Å². The van der Waals surface area contributed by atoms with Crippen LogP contribution in [0.5, 0.6) is 0 Å². The van der Waals surface area contributed by atoms with Crippen molar-refractivity contribution in [2.24, 2.45) is 0 Å². The van der Waals surface area contributed by atoms with Crippen LogP contribution in [0.15, 0.2) is 11.2 Å². The van der Waals surface area contributed by atoms with E-state index in [-0.39, 0.29) is 5.97 Å². The van der Waals surface area contributed by atoms with Gasteiger partial charge in [0.15, 0.2) is 5.16 Å². The quantitative estimate of drug-likeness (QED) is 0.487. The van der Waals surface area contributed by atoms with Crippen molar-refractivity contribution < 1.29 is 9.53 Å². The molecule has 0 amide bonds. The van der Waals surface area contributed by atoms with Crippen LogP contribution in [0.4, 0.5) is 0 Å². The van der Waals surface area contributed by atoms with Crippen LogP contribution in [0.25, 0.3) is 0 Å². The molecule has 0 saturated heterocycles. The minimum Gasteiger partial charge on any atom is -0.465 e. The maximum Gasteiger partial charge on any atom is 0.326 e. The molecule has 0 aliphatic heterocycles. The van der Waals surface area contributed by atoms with Gasteiger partial charge in [0, 0.05) is 17.1 Å². The summed E-state index contributed by atoms with van der Waals surface area (Å²) in [4.78, 5) is 20.6. The van der Waals surface area contributed by atoms with Crippen LogP contribution in [0, 0.1) is 13.8 Å². The third kappa shape index (κ3) is 4.47. The van der Waals surface area contributed by atoms with Crippen molar-refractivity contribution in [3.8, 4) is 0 Å². The van der Waals surface area contributed by atoms with Gasteiger partial charge >= 0.3 is 5.97 Å². The van der Waals surface area contributed by atoms with Crippen LogP contribution >= 0.6 is 11.8 Å². The molecule has 19 heavy (non-hydrogen) atoms. The molecule has 1 atom stereocenters. The number of aryl methyl sites for hydroxylation is 2. The first-order valence-electron chi connectivity index (χ1n) is 6.22. The van der Waals surface area contributed by atoms with Gasteiger partial charge in [-0.15, -0.1) is 0 Å². The van der Waals surface area contributed by atoms with Crippen molar-refractivity contribution in [1.29, 1.82) is 0 Å². The molecule has 5 nitrogen and oxygen atoms in total. The van der Waals surface area contributed by atoms with Gasteiger partial charge in [-0.2, -0.15) is 0 Å². The van der Waals surface area contributed by atoms with E-state index in [0.29, 0.717) is 17.5 Å². The smallest absolute Gasteiger partial charge is 0.326 e. The first kappa shape index (κ1) is 15.9. The van der Waals surface area contributed by atoms with Crippen molar-refractivity contribution in [3.63, 3.8) is 0 Å². The number of nitrogens with one attached hydrogen (secondary N) is 1. The Morgan fingerprint density at radius 1 is 1.42 bits per heavy atom. The Balaban J connectivity index is 2.74. The number of hydrogen-bond donors (Lipinski definition) is 1. The molecule has 0 radical (unpaired) electrons. The molecule has 0 aromatic carbocycles. The first-order chi connectivity index (χ1) is 8.91. The first-order valence-corrected chi connectivity index (χ1v) is 7.21. The minimum absolute atomic E-state index is 0.255. The fourth-order valence-corrected chi connectivity index (χ4v) is 2.59. The highest BCUT2D eigenvalue weighted by atomic mass is 32.2. The fraction of sp³-hybridized carbons (Fsp3) is 0.615. The summed E-state index contributed by atoms with van der Waals surface area (Å²) < 4.78 is 5.08. The third-order valence-corrected chi connectivity index (χ3v) is 3.89. The Morgan fingerprint density at radius 3 is 2.47 bits per heavy atom. The van der Waals surface area contributed by atoms with Gasteiger partial charge in [-0.25, -0.2) is 9.97 Å². The lowest BCUT2D eigenvalue weighted by atomic mass is 10.1.